The highest BCUT2D eigenvalue weighted by molar-refractivity contribution is 6.76. The first kappa shape index (κ1) is 35.2. The second kappa shape index (κ2) is 14.6. The molecule has 0 spiro atoms. The van der Waals surface area contributed by atoms with Crippen LogP contribution in [0.3, 0.4) is 0 Å². The summed E-state index contributed by atoms with van der Waals surface area (Å²) in [5, 5.41) is 10.2. The molecule has 8 nitrogen and oxygen atoms in total. The van der Waals surface area contributed by atoms with E-state index in [1.165, 1.54) is 6.20 Å². The first-order valence-corrected chi connectivity index (χ1v) is 20.0. The molecule has 3 heterocycles. The van der Waals surface area contributed by atoms with Crippen molar-refractivity contribution < 1.29 is 32.5 Å². The topological polar surface area (TPSA) is 95.6 Å². The predicted molar refractivity (Wildman–Crippen MR) is 183 cm³/mol. The van der Waals surface area contributed by atoms with Crippen molar-refractivity contribution >= 4 is 24.9 Å². The molecule has 11 heteroatoms. The van der Waals surface area contributed by atoms with Crippen molar-refractivity contribution in [2.75, 3.05) is 19.8 Å². The van der Waals surface area contributed by atoms with E-state index in [4.69, 9.17) is 18.9 Å². The second-order valence-corrected chi connectivity index (χ2v) is 20.0. The van der Waals surface area contributed by atoms with Crippen molar-refractivity contribution in [3.63, 3.8) is 0 Å². The number of carbonyl (C=O) groups is 1. The zero-order valence-corrected chi connectivity index (χ0v) is 29.5. The van der Waals surface area contributed by atoms with Gasteiger partial charge in [0, 0.05) is 50.9 Å². The highest BCUT2D eigenvalue weighted by Gasteiger charge is 2.33. The molecular formula is C37H43F2N3O5Si. The standard InChI is InChI=1S/C37H43F2N3O5Si/c1-24(2)46-33-18-26(7-8-27(33)19-40)29-20-42(23-44-13-14-48(4,5)6)36-34(29)32(10-12-41-36)47-35-30(38)16-25(17-31(35)39)15-28(43)9-11-37(3)21-45-22-37/h7-8,10,12,16-18,20,24H,9,11,13-15,21-23H2,1-6H3. The van der Waals surface area contributed by atoms with E-state index >= 15 is 8.78 Å². The van der Waals surface area contributed by atoms with Gasteiger partial charge in [-0.05, 0) is 67.8 Å². The predicted octanol–water partition coefficient (Wildman–Crippen LogP) is 8.67. The fraction of sp³-hybridized carbons (Fsp3) is 0.432. The number of rotatable bonds is 15. The molecule has 0 bridgehead atoms. The van der Waals surface area contributed by atoms with Gasteiger partial charge < -0.3 is 23.5 Å². The number of nitrogens with zero attached hydrogens (tertiary/aromatic N) is 3. The van der Waals surface area contributed by atoms with Gasteiger partial charge in [-0.25, -0.2) is 13.8 Å². The molecule has 0 atom stereocenters. The molecule has 254 valence electrons. The number of hydrogen-bond donors (Lipinski definition) is 0. The van der Waals surface area contributed by atoms with E-state index in [0.29, 0.717) is 66.1 Å². The molecule has 0 unspecified atom stereocenters. The average molecular weight is 676 g/mol. The molecule has 48 heavy (non-hydrogen) atoms. The zero-order valence-electron chi connectivity index (χ0n) is 28.5. The largest absolute Gasteiger partial charge is 0.490 e. The number of Topliss-reactive ketones (excluding diaryl/α,β-unsaturated/α-hetero) is 1. The molecule has 0 amide bonds. The number of aromatic nitrogens is 2. The molecule has 1 saturated heterocycles. The van der Waals surface area contributed by atoms with Crippen molar-refractivity contribution in [3.05, 3.63) is 71.6 Å². The van der Waals surface area contributed by atoms with Gasteiger partial charge in [0.2, 0.25) is 0 Å². The minimum atomic E-state index is -1.32. The van der Waals surface area contributed by atoms with Gasteiger partial charge in [0.05, 0.1) is 30.3 Å². The Morgan fingerprint density at radius 3 is 2.48 bits per heavy atom. The Morgan fingerprint density at radius 2 is 1.85 bits per heavy atom. The summed E-state index contributed by atoms with van der Waals surface area (Å²) in [7, 11) is -1.32. The number of nitriles is 1. The van der Waals surface area contributed by atoms with Crippen molar-refractivity contribution in [1.29, 1.82) is 5.26 Å². The van der Waals surface area contributed by atoms with Crippen molar-refractivity contribution in [2.24, 2.45) is 5.41 Å². The van der Waals surface area contributed by atoms with Gasteiger partial charge in [-0.1, -0.05) is 32.6 Å². The minimum Gasteiger partial charge on any atom is -0.490 e. The Labute approximate surface area is 281 Å². The summed E-state index contributed by atoms with van der Waals surface area (Å²) in [6.45, 7) is 14.7. The fourth-order valence-corrected chi connectivity index (χ4v) is 6.29. The molecule has 0 aliphatic carbocycles. The molecule has 2 aromatic carbocycles. The Hall–Kier alpha value is -4.11. The number of pyridine rings is 1. The van der Waals surface area contributed by atoms with Crippen LogP contribution in [0.5, 0.6) is 17.2 Å². The molecule has 4 aromatic rings. The summed E-state index contributed by atoms with van der Waals surface area (Å²) >= 11 is 0. The van der Waals surface area contributed by atoms with Crippen LogP contribution in [0.15, 0.2) is 48.8 Å². The summed E-state index contributed by atoms with van der Waals surface area (Å²) in [5.41, 5.74) is 2.47. The Bertz CT molecular complexity index is 1820. The van der Waals surface area contributed by atoms with Crippen LogP contribution in [0.4, 0.5) is 8.78 Å². The maximum Gasteiger partial charge on any atom is 0.198 e. The van der Waals surface area contributed by atoms with Crippen molar-refractivity contribution in [2.45, 2.75) is 78.6 Å². The Kier molecular flexibility index (Phi) is 10.7. The van der Waals surface area contributed by atoms with Gasteiger partial charge in [-0.15, -0.1) is 0 Å². The highest BCUT2D eigenvalue weighted by Crippen LogP contribution is 2.41. The van der Waals surface area contributed by atoms with Crippen LogP contribution in [0.25, 0.3) is 22.2 Å². The molecule has 1 aliphatic rings. The highest BCUT2D eigenvalue weighted by atomic mass is 28.3. The van der Waals surface area contributed by atoms with E-state index in [1.54, 1.807) is 24.3 Å². The minimum absolute atomic E-state index is 0.0155. The van der Waals surface area contributed by atoms with Gasteiger partial charge in [0.15, 0.2) is 17.4 Å². The summed E-state index contributed by atoms with van der Waals surface area (Å²) in [4.78, 5) is 17.2. The van der Waals surface area contributed by atoms with Crippen LogP contribution in [0, 0.1) is 28.4 Å². The molecule has 0 N–H and O–H groups in total. The van der Waals surface area contributed by atoms with Crippen LogP contribution in [-0.2, 0) is 27.4 Å². The van der Waals surface area contributed by atoms with Crippen LogP contribution < -0.4 is 9.47 Å². The van der Waals surface area contributed by atoms with E-state index in [1.807, 2.05) is 24.6 Å². The Morgan fingerprint density at radius 1 is 1.12 bits per heavy atom. The average Bonchev–Trinajstić information content (AvgIpc) is 3.37. The number of hydrogen-bond acceptors (Lipinski definition) is 7. The van der Waals surface area contributed by atoms with Gasteiger partial charge >= 0.3 is 0 Å². The summed E-state index contributed by atoms with van der Waals surface area (Å²) in [6, 6.07) is 12.2. The van der Waals surface area contributed by atoms with E-state index in [2.05, 4.69) is 37.6 Å². The summed E-state index contributed by atoms with van der Waals surface area (Å²) < 4.78 is 56.1. The van der Waals surface area contributed by atoms with E-state index in [0.717, 1.165) is 18.2 Å². The van der Waals surface area contributed by atoms with Crippen molar-refractivity contribution in [1.82, 2.24) is 9.55 Å². The third-order valence-electron chi connectivity index (χ3n) is 8.30. The molecule has 2 aromatic heterocycles. The SMILES string of the molecule is CC(C)Oc1cc(-c2cn(COCC[Si](C)(C)C)c3nccc(Oc4c(F)cc(CC(=O)CCC5(C)COC5)cc4F)c23)ccc1C#N. The zero-order chi connectivity index (χ0) is 34.6. The van der Waals surface area contributed by atoms with E-state index in [-0.39, 0.29) is 41.8 Å². The van der Waals surface area contributed by atoms with Gasteiger partial charge in [0.1, 0.15) is 35.7 Å². The third kappa shape index (κ3) is 8.48. The van der Waals surface area contributed by atoms with Crippen molar-refractivity contribution in [3.8, 4) is 34.4 Å². The van der Waals surface area contributed by atoms with Gasteiger partial charge in [0.25, 0.3) is 0 Å². The van der Waals surface area contributed by atoms with Crippen LogP contribution in [0.1, 0.15) is 44.7 Å². The molecule has 5 rings (SSSR count). The van der Waals surface area contributed by atoms with Crippen LogP contribution in [-0.4, -0.2) is 49.3 Å². The number of halogens is 2. The monoisotopic (exact) mass is 675 g/mol. The molecular weight excluding hydrogens is 633 g/mol. The fourth-order valence-electron chi connectivity index (χ4n) is 5.54. The van der Waals surface area contributed by atoms with Crippen LogP contribution in [0.2, 0.25) is 25.7 Å². The lowest BCUT2D eigenvalue weighted by Gasteiger charge is -2.37. The first-order chi connectivity index (χ1) is 22.7. The number of carbonyl (C=O) groups excluding carboxylic acids is 1. The van der Waals surface area contributed by atoms with E-state index in [9.17, 15) is 10.1 Å². The lowest BCUT2D eigenvalue weighted by molar-refractivity contribution is -0.125. The maximum absolute atomic E-state index is 15.5. The third-order valence-corrected chi connectivity index (χ3v) is 10.0. The first-order valence-electron chi connectivity index (χ1n) is 16.3. The number of ketones is 1. The molecule has 0 saturated carbocycles. The lowest BCUT2D eigenvalue weighted by atomic mass is 9.82. The Balaban J connectivity index is 1.48. The number of benzene rings is 2. The van der Waals surface area contributed by atoms with Gasteiger partial charge in [-0.2, -0.15) is 5.26 Å². The number of fused-ring (bicyclic) bond motifs is 1. The summed E-state index contributed by atoms with van der Waals surface area (Å²) in [5.74, 6) is -1.89. The molecule has 1 aliphatic heterocycles. The quantitative estimate of drug-likeness (QED) is 0.0919. The smallest absolute Gasteiger partial charge is 0.198 e. The van der Waals surface area contributed by atoms with Crippen LogP contribution >= 0.6 is 0 Å². The van der Waals surface area contributed by atoms with Gasteiger partial charge in [-0.3, -0.25) is 4.79 Å². The number of ether oxygens (including phenoxy) is 4. The second-order valence-electron chi connectivity index (χ2n) is 14.4. The lowest BCUT2D eigenvalue weighted by Crippen LogP contribution is -2.40. The maximum atomic E-state index is 15.5. The summed E-state index contributed by atoms with van der Waals surface area (Å²) in [6.07, 6.45) is 4.12. The molecule has 0 radical (unpaired) electrons. The normalized spacial score (nSPS) is 14.2. The van der Waals surface area contributed by atoms with E-state index < -0.39 is 25.5 Å². The molecule has 1 fully saturated rings.